The summed E-state index contributed by atoms with van der Waals surface area (Å²) in [6.45, 7) is 30.3. The maximum absolute atomic E-state index is 6.96. The summed E-state index contributed by atoms with van der Waals surface area (Å²) in [6.07, 6.45) is 2.04. The Balaban J connectivity index is 0.989. The highest BCUT2D eigenvalue weighted by Gasteiger charge is 2.31. The van der Waals surface area contributed by atoms with E-state index in [1.807, 2.05) is 6.20 Å². The summed E-state index contributed by atoms with van der Waals surface area (Å²) in [6, 6.07) is 66.9. The van der Waals surface area contributed by atoms with Crippen LogP contribution in [0.25, 0.3) is 61.0 Å². The molecule has 382 valence electrons. The van der Waals surface area contributed by atoms with Gasteiger partial charge in [0, 0.05) is 46.0 Å². The maximum Gasteiger partial charge on any atom is 0.137 e. The molecule has 5 heteroatoms. The number of benzene rings is 8. The molecular weight excluding hydrogens is 925 g/mol. The maximum atomic E-state index is 6.96. The molecule has 3 heterocycles. The van der Waals surface area contributed by atoms with Crippen molar-refractivity contribution >= 4 is 44.6 Å². The molecule has 0 aliphatic carbocycles. The van der Waals surface area contributed by atoms with E-state index in [-0.39, 0.29) is 21.7 Å². The fraction of sp³-hybridized carbons (Fsp3) is 0.254. The minimum Gasteiger partial charge on any atom is -0.457 e. The van der Waals surface area contributed by atoms with Crippen molar-refractivity contribution in [3.63, 3.8) is 0 Å². The molecule has 0 N–H and O–H groups in total. The van der Waals surface area contributed by atoms with Gasteiger partial charge in [-0.25, -0.2) is 4.98 Å². The van der Waals surface area contributed by atoms with Gasteiger partial charge < -0.3 is 14.5 Å². The highest BCUT2D eigenvalue weighted by Crippen LogP contribution is 2.48. The second-order valence-corrected chi connectivity index (χ2v) is 25.2. The van der Waals surface area contributed by atoms with E-state index in [1.54, 1.807) is 0 Å². The monoisotopic (exact) mass is 997 g/mol. The smallest absolute Gasteiger partial charge is 0.137 e. The van der Waals surface area contributed by atoms with Gasteiger partial charge in [-0.3, -0.25) is 4.57 Å². The molecule has 0 saturated heterocycles. The molecule has 1 aliphatic rings. The molecule has 5 nitrogen and oxygen atoms in total. The molecule has 11 rings (SSSR count). The average molecular weight is 997 g/mol. The fourth-order valence-electron chi connectivity index (χ4n) is 10.8. The number of anilines is 4. The first kappa shape index (κ1) is 50.3. The van der Waals surface area contributed by atoms with Crippen LogP contribution in [0.3, 0.4) is 0 Å². The molecule has 0 radical (unpaired) electrons. The van der Waals surface area contributed by atoms with Gasteiger partial charge in [-0.2, -0.15) is 0 Å². The topological polar surface area (TPSA) is 33.5 Å². The van der Waals surface area contributed by atoms with Crippen molar-refractivity contribution in [2.24, 2.45) is 0 Å². The SMILES string of the molecule is Cc1cc(-n2c3ccc(-c4ccc(C(C)(C)C)cc4)cc3c3ccc(Oc4cccc(N5CN(c6cc(C(C)(C)C)cc(C(C)(C)C)c6)c6ccc(-c7ccccc7)cc65)c4)cc32)ncc1-c1ccc(C(C)(C)C)cc1. The Hall–Kier alpha value is -7.89. The van der Waals surface area contributed by atoms with Crippen LogP contribution < -0.4 is 14.5 Å². The van der Waals surface area contributed by atoms with Gasteiger partial charge in [0.25, 0.3) is 0 Å². The van der Waals surface area contributed by atoms with E-state index >= 15 is 0 Å². The standard InChI is InChI=1S/C71H72N4O/c1-46-36-67(72-44-62(46)49-24-30-53(31-25-49)69(5,6)7)75-63-34-26-50(48-22-28-52(29-23-48)68(2,3)4)37-61(63)60-33-32-59(43-65(60)75)76-58-21-17-20-56(42-58)73-45-74(57-40-54(70(8,9)10)39-55(41-57)71(11,12)13)64-35-27-51(38-66(64)73)47-18-15-14-16-19-47/h14-44H,45H2,1-13H3. The van der Waals surface area contributed by atoms with Crippen molar-refractivity contribution in [1.82, 2.24) is 9.55 Å². The number of aryl methyl sites for hydroxylation is 1. The Kier molecular flexibility index (Phi) is 12.4. The van der Waals surface area contributed by atoms with Gasteiger partial charge in [0.15, 0.2) is 0 Å². The van der Waals surface area contributed by atoms with Crippen molar-refractivity contribution in [2.75, 3.05) is 16.5 Å². The summed E-state index contributed by atoms with van der Waals surface area (Å²) in [7, 11) is 0. The van der Waals surface area contributed by atoms with Crippen LogP contribution in [0.4, 0.5) is 22.7 Å². The number of nitrogens with zero attached hydrogens (tertiary/aromatic N) is 4. The van der Waals surface area contributed by atoms with Crippen LogP contribution in [-0.4, -0.2) is 16.2 Å². The van der Waals surface area contributed by atoms with Crippen molar-refractivity contribution in [2.45, 2.75) is 112 Å². The van der Waals surface area contributed by atoms with Gasteiger partial charge in [0.1, 0.15) is 24.0 Å². The third-order valence-corrected chi connectivity index (χ3v) is 15.5. The van der Waals surface area contributed by atoms with Crippen LogP contribution in [-0.2, 0) is 21.7 Å². The molecule has 0 amide bonds. The number of fused-ring (bicyclic) bond motifs is 4. The van der Waals surface area contributed by atoms with Crippen molar-refractivity contribution in [1.29, 1.82) is 0 Å². The highest BCUT2D eigenvalue weighted by atomic mass is 16.5. The van der Waals surface area contributed by atoms with Gasteiger partial charge in [-0.05, 0) is 151 Å². The highest BCUT2D eigenvalue weighted by molar-refractivity contribution is 6.11. The van der Waals surface area contributed by atoms with E-state index in [1.165, 1.54) is 55.9 Å². The third kappa shape index (κ3) is 9.69. The lowest BCUT2D eigenvalue weighted by atomic mass is 9.80. The predicted molar refractivity (Wildman–Crippen MR) is 323 cm³/mol. The fourth-order valence-corrected chi connectivity index (χ4v) is 10.8. The number of pyridine rings is 1. The van der Waals surface area contributed by atoms with E-state index in [2.05, 4.69) is 286 Å². The Bertz CT molecular complexity index is 3770. The van der Waals surface area contributed by atoms with E-state index < -0.39 is 0 Å². The summed E-state index contributed by atoms with van der Waals surface area (Å²) in [5.74, 6) is 2.38. The van der Waals surface area contributed by atoms with Crippen LogP contribution in [0.5, 0.6) is 11.5 Å². The summed E-state index contributed by atoms with van der Waals surface area (Å²) >= 11 is 0. The van der Waals surface area contributed by atoms with Crippen molar-refractivity contribution in [3.05, 3.63) is 216 Å². The zero-order valence-electron chi connectivity index (χ0n) is 46.8. The molecule has 1 aliphatic heterocycles. The first-order valence-corrected chi connectivity index (χ1v) is 27.0. The minimum atomic E-state index is -0.0141. The summed E-state index contributed by atoms with van der Waals surface area (Å²) in [5.41, 5.74) is 20.3. The van der Waals surface area contributed by atoms with Crippen LogP contribution in [0.15, 0.2) is 188 Å². The quantitative estimate of drug-likeness (QED) is 0.152. The molecular formula is C71H72N4O. The Labute approximate surface area is 451 Å². The molecule has 0 spiro atoms. The molecule has 8 aromatic carbocycles. The number of hydrogen-bond donors (Lipinski definition) is 0. The first-order valence-electron chi connectivity index (χ1n) is 27.0. The zero-order chi connectivity index (χ0) is 53.5. The lowest BCUT2D eigenvalue weighted by Gasteiger charge is -2.29. The summed E-state index contributed by atoms with van der Waals surface area (Å²) in [4.78, 5) is 10.1. The zero-order valence-corrected chi connectivity index (χ0v) is 46.8. The Morgan fingerprint density at radius 2 is 0.961 bits per heavy atom. The average Bonchev–Trinajstić information content (AvgIpc) is 3.93. The van der Waals surface area contributed by atoms with E-state index in [9.17, 15) is 0 Å². The van der Waals surface area contributed by atoms with E-state index in [4.69, 9.17) is 9.72 Å². The largest absolute Gasteiger partial charge is 0.457 e. The Morgan fingerprint density at radius 1 is 0.395 bits per heavy atom. The van der Waals surface area contributed by atoms with Crippen LogP contribution in [0, 0.1) is 6.92 Å². The predicted octanol–water partition coefficient (Wildman–Crippen LogP) is 19.7. The molecule has 2 aromatic heterocycles. The molecule has 0 saturated carbocycles. The summed E-state index contributed by atoms with van der Waals surface area (Å²) < 4.78 is 9.27. The Morgan fingerprint density at radius 3 is 1.59 bits per heavy atom. The number of hydrogen-bond acceptors (Lipinski definition) is 4. The van der Waals surface area contributed by atoms with Crippen LogP contribution >= 0.6 is 0 Å². The second kappa shape index (κ2) is 18.7. The normalized spacial score (nSPS) is 13.2. The van der Waals surface area contributed by atoms with Gasteiger partial charge in [0.2, 0.25) is 0 Å². The number of aromatic nitrogens is 2. The second-order valence-electron chi connectivity index (χ2n) is 25.2. The molecule has 0 bridgehead atoms. The van der Waals surface area contributed by atoms with Gasteiger partial charge in [-0.1, -0.05) is 186 Å². The summed E-state index contributed by atoms with van der Waals surface area (Å²) in [5, 5.41) is 2.30. The molecule has 0 fully saturated rings. The first-order chi connectivity index (χ1) is 36.1. The third-order valence-electron chi connectivity index (χ3n) is 15.5. The van der Waals surface area contributed by atoms with Crippen molar-refractivity contribution < 1.29 is 4.74 Å². The molecule has 0 unspecified atom stereocenters. The van der Waals surface area contributed by atoms with Gasteiger partial charge in [0.05, 0.1) is 22.4 Å². The molecule has 0 atom stereocenters. The molecule has 10 aromatic rings. The number of ether oxygens (including phenoxy) is 1. The minimum absolute atomic E-state index is 0.0141. The van der Waals surface area contributed by atoms with E-state index in [0.29, 0.717) is 6.67 Å². The lowest BCUT2D eigenvalue weighted by molar-refractivity contribution is 0.483. The van der Waals surface area contributed by atoms with E-state index in [0.717, 1.165) is 67.2 Å². The number of rotatable bonds is 8. The van der Waals surface area contributed by atoms with Gasteiger partial charge in [-0.15, -0.1) is 0 Å². The van der Waals surface area contributed by atoms with Crippen LogP contribution in [0.2, 0.25) is 0 Å². The van der Waals surface area contributed by atoms with Gasteiger partial charge >= 0.3 is 0 Å². The van der Waals surface area contributed by atoms with Crippen molar-refractivity contribution in [3.8, 4) is 50.7 Å². The molecule has 76 heavy (non-hydrogen) atoms. The lowest BCUT2D eigenvalue weighted by Crippen LogP contribution is -2.25. The van der Waals surface area contributed by atoms with Crippen LogP contribution in [0.1, 0.15) is 111 Å².